The van der Waals surface area contributed by atoms with Crippen LogP contribution in [-0.2, 0) is 6.54 Å². The summed E-state index contributed by atoms with van der Waals surface area (Å²) in [6.45, 7) is 4.84. The van der Waals surface area contributed by atoms with E-state index in [1.54, 1.807) is 6.07 Å². The second-order valence-corrected chi connectivity index (χ2v) is 5.22. The van der Waals surface area contributed by atoms with Gasteiger partial charge in [0.2, 0.25) is 0 Å². The molecule has 0 aliphatic rings. The molecule has 0 amide bonds. The molecule has 0 saturated heterocycles. The van der Waals surface area contributed by atoms with Crippen molar-refractivity contribution in [3.63, 3.8) is 0 Å². The first kappa shape index (κ1) is 14.5. The Bertz CT molecular complexity index is 552. The van der Waals surface area contributed by atoms with Gasteiger partial charge in [-0.3, -0.25) is 0 Å². The van der Waals surface area contributed by atoms with Crippen molar-refractivity contribution in [2.24, 2.45) is 0 Å². The van der Waals surface area contributed by atoms with Gasteiger partial charge in [-0.15, -0.1) is 0 Å². The van der Waals surface area contributed by atoms with Crippen LogP contribution in [0, 0.1) is 5.82 Å². The van der Waals surface area contributed by atoms with E-state index < -0.39 is 0 Å². The Morgan fingerprint density at radius 1 is 1.10 bits per heavy atom. The minimum Gasteiger partial charge on any atom is -0.342 e. The standard InChI is InChI=1S/C17H21FN2/c1-13(2)19-12-14-9-10-17(16(18)11-14)20(3)15-7-5-4-6-8-15/h4-11,13,19H,12H2,1-3H3. The summed E-state index contributed by atoms with van der Waals surface area (Å²) in [5.74, 6) is -0.195. The van der Waals surface area contributed by atoms with Gasteiger partial charge in [0.05, 0.1) is 5.69 Å². The predicted molar refractivity (Wildman–Crippen MR) is 82.9 cm³/mol. The molecule has 0 unspecified atom stereocenters. The second-order valence-electron chi connectivity index (χ2n) is 5.22. The molecule has 0 saturated carbocycles. The van der Waals surface area contributed by atoms with Crippen LogP contribution in [0.4, 0.5) is 15.8 Å². The largest absolute Gasteiger partial charge is 0.342 e. The molecule has 0 aliphatic carbocycles. The van der Waals surface area contributed by atoms with E-state index >= 15 is 0 Å². The third kappa shape index (κ3) is 3.58. The van der Waals surface area contributed by atoms with Crippen molar-refractivity contribution in [1.82, 2.24) is 5.32 Å². The van der Waals surface area contributed by atoms with Crippen LogP contribution in [0.25, 0.3) is 0 Å². The topological polar surface area (TPSA) is 15.3 Å². The fraction of sp³-hybridized carbons (Fsp3) is 0.294. The number of hydrogen-bond acceptors (Lipinski definition) is 2. The van der Waals surface area contributed by atoms with E-state index in [2.05, 4.69) is 19.2 Å². The molecule has 2 aromatic carbocycles. The fourth-order valence-electron chi connectivity index (χ4n) is 2.05. The lowest BCUT2D eigenvalue weighted by molar-refractivity contribution is 0.581. The van der Waals surface area contributed by atoms with Gasteiger partial charge in [0, 0.05) is 25.3 Å². The third-order valence-electron chi connectivity index (χ3n) is 3.23. The molecule has 0 aromatic heterocycles. The molecular weight excluding hydrogens is 251 g/mol. The summed E-state index contributed by atoms with van der Waals surface area (Å²) in [6.07, 6.45) is 0. The quantitative estimate of drug-likeness (QED) is 0.882. The zero-order chi connectivity index (χ0) is 14.5. The predicted octanol–water partition coefficient (Wildman–Crippen LogP) is 4.09. The van der Waals surface area contributed by atoms with E-state index in [0.29, 0.717) is 18.3 Å². The first-order chi connectivity index (χ1) is 9.58. The van der Waals surface area contributed by atoms with Crippen molar-refractivity contribution in [2.75, 3.05) is 11.9 Å². The molecule has 0 aliphatic heterocycles. The number of benzene rings is 2. The molecule has 20 heavy (non-hydrogen) atoms. The molecule has 3 heteroatoms. The summed E-state index contributed by atoms with van der Waals surface area (Å²) >= 11 is 0. The normalized spacial score (nSPS) is 10.8. The van der Waals surface area contributed by atoms with Crippen LogP contribution < -0.4 is 10.2 Å². The third-order valence-corrected chi connectivity index (χ3v) is 3.23. The van der Waals surface area contributed by atoms with Crippen molar-refractivity contribution in [3.05, 3.63) is 59.9 Å². The summed E-state index contributed by atoms with van der Waals surface area (Å²) in [7, 11) is 1.87. The Hall–Kier alpha value is -1.87. The zero-order valence-electron chi connectivity index (χ0n) is 12.2. The van der Waals surface area contributed by atoms with Gasteiger partial charge in [-0.25, -0.2) is 4.39 Å². The lowest BCUT2D eigenvalue weighted by atomic mass is 10.1. The maximum atomic E-state index is 14.2. The maximum Gasteiger partial charge on any atom is 0.147 e. The number of nitrogens with zero attached hydrogens (tertiary/aromatic N) is 1. The van der Waals surface area contributed by atoms with E-state index in [1.165, 1.54) is 0 Å². The first-order valence-electron chi connectivity index (χ1n) is 6.88. The van der Waals surface area contributed by atoms with Gasteiger partial charge in [0.25, 0.3) is 0 Å². The van der Waals surface area contributed by atoms with Crippen LogP contribution in [0.1, 0.15) is 19.4 Å². The SMILES string of the molecule is CC(C)NCc1ccc(N(C)c2ccccc2)c(F)c1. The number of anilines is 2. The number of rotatable bonds is 5. The molecular formula is C17H21FN2. The lowest BCUT2D eigenvalue weighted by Gasteiger charge is -2.20. The highest BCUT2D eigenvalue weighted by atomic mass is 19.1. The van der Waals surface area contributed by atoms with Gasteiger partial charge >= 0.3 is 0 Å². The van der Waals surface area contributed by atoms with Crippen molar-refractivity contribution in [1.29, 1.82) is 0 Å². The van der Waals surface area contributed by atoms with Gasteiger partial charge in [-0.05, 0) is 29.8 Å². The average Bonchev–Trinajstić information content (AvgIpc) is 2.45. The molecule has 0 radical (unpaired) electrons. The number of nitrogens with one attached hydrogen (secondary N) is 1. The molecule has 1 N–H and O–H groups in total. The van der Waals surface area contributed by atoms with Gasteiger partial charge in [-0.1, -0.05) is 38.1 Å². The highest BCUT2D eigenvalue weighted by Gasteiger charge is 2.10. The summed E-state index contributed by atoms with van der Waals surface area (Å²) in [5, 5.41) is 3.29. The summed E-state index contributed by atoms with van der Waals surface area (Å²) in [6, 6.07) is 15.6. The van der Waals surface area contributed by atoms with Crippen LogP contribution >= 0.6 is 0 Å². The monoisotopic (exact) mass is 272 g/mol. The smallest absolute Gasteiger partial charge is 0.147 e. The number of halogens is 1. The van der Waals surface area contributed by atoms with E-state index in [0.717, 1.165) is 11.3 Å². The molecule has 2 rings (SSSR count). The summed E-state index contributed by atoms with van der Waals surface area (Å²) < 4.78 is 14.2. The molecule has 0 heterocycles. The molecule has 2 nitrogen and oxygen atoms in total. The fourth-order valence-corrected chi connectivity index (χ4v) is 2.05. The van der Waals surface area contributed by atoms with E-state index in [9.17, 15) is 4.39 Å². The summed E-state index contributed by atoms with van der Waals surface area (Å²) in [5.41, 5.74) is 2.52. The minimum atomic E-state index is -0.195. The Labute approximate surface area is 120 Å². The second kappa shape index (κ2) is 6.53. The number of hydrogen-bond donors (Lipinski definition) is 1. The highest BCUT2D eigenvalue weighted by molar-refractivity contribution is 5.63. The molecule has 106 valence electrons. The molecule has 0 spiro atoms. The van der Waals surface area contributed by atoms with Crippen molar-refractivity contribution in [3.8, 4) is 0 Å². The Kier molecular flexibility index (Phi) is 4.74. The van der Waals surface area contributed by atoms with Crippen LogP contribution in [0.3, 0.4) is 0 Å². The minimum absolute atomic E-state index is 0.195. The Morgan fingerprint density at radius 2 is 1.80 bits per heavy atom. The Morgan fingerprint density at radius 3 is 2.40 bits per heavy atom. The van der Waals surface area contributed by atoms with Crippen LogP contribution in [-0.4, -0.2) is 13.1 Å². The van der Waals surface area contributed by atoms with E-state index in [-0.39, 0.29) is 5.82 Å². The zero-order valence-corrected chi connectivity index (χ0v) is 12.2. The lowest BCUT2D eigenvalue weighted by Crippen LogP contribution is -2.22. The molecule has 0 bridgehead atoms. The molecule has 2 aromatic rings. The van der Waals surface area contributed by atoms with E-state index in [4.69, 9.17) is 0 Å². The van der Waals surface area contributed by atoms with E-state index in [1.807, 2.05) is 54.4 Å². The summed E-state index contributed by atoms with van der Waals surface area (Å²) in [4.78, 5) is 1.86. The highest BCUT2D eigenvalue weighted by Crippen LogP contribution is 2.26. The molecule has 0 fully saturated rings. The Balaban J connectivity index is 2.17. The first-order valence-corrected chi connectivity index (χ1v) is 6.88. The van der Waals surface area contributed by atoms with Gasteiger partial charge in [-0.2, -0.15) is 0 Å². The van der Waals surface area contributed by atoms with Crippen LogP contribution in [0.2, 0.25) is 0 Å². The van der Waals surface area contributed by atoms with Crippen LogP contribution in [0.5, 0.6) is 0 Å². The number of para-hydroxylation sites is 1. The van der Waals surface area contributed by atoms with Crippen molar-refractivity contribution in [2.45, 2.75) is 26.4 Å². The van der Waals surface area contributed by atoms with Crippen LogP contribution in [0.15, 0.2) is 48.5 Å². The van der Waals surface area contributed by atoms with Crippen molar-refractivity contribution >= 4 is 11.4 Å². The maximum absolute atomic E-state index is 14.2. The molecule has 0 atom stereocenters. The van der Waals surface area contributed by atoms with Gasteiger partial charge in [0.1, 0.15) is 5.82 Å². The van der Waals surface area contributed by atoms with Gasteiger partial charge < -0.3 is 10.2 Å². The average molecular weight is 272 g/mol. The van der Waals surface area contributed by atoms with Crippen molar-refractivity contribution < 1.29 is 4.39 Å². The van der Waals surface area contributed by atoms with Gasteiger partial charge in [0.15, 0.2) is 0 Å².